The van der Waals surface area contributed by atoms with Gasteiger partial charge in [-0.15, -0.1) is 0 Å². The molecule has 160 valence electrons. The van der Waals surface area contributed by atoms with Gasteiger partial charge in [0.2, 0.25) is 11.8 Å². The number of hydrogen-bond acceptors (Lipinski definition) is 5. The first-order chi connectivity index (χ1) is 14.7. The summed E-state index contributed by atoms with van der Waals surface area (Å²) in [7, 11) is 0. The maximum Gasteiger partial charge on any atom is 0.227 e. The van der Waals surface area contributed by atoms with Crippen LogP contribution in [0.2, 0.25) is 0 Å². The fourth-order valence-corrected chi connectivity index (χ4v) is 4.31. The molecule has 0 saturated carbocycles. The quantitative estimate of drug-likeness (QED) is 0.723. The Morgan fingerprint density at radius 2 is 2.00 bits per heavy atom. The van der Waals surface area contributed by atoms with Crippen molar-refractivity contribution in [3.05, 3.63) is 48.4 Å². The molecule has 0 spiro atoms. The molecule has 7 heteroatoms. The highest BCUT2D eigenvalue weighted by molar-refractivity contribution is 6.00. The topological polar surface area (TPSA) is 75.0 Å². The van der Waals surface area contributed by atoms with Crippen molar-refractivity contribution in [2.75, 3.05) is 37.7 Å². The Balaban J connectivity index is 1.36. The number of nitrogens with zero attached hydrogens (tertiary/aromatic N) is 2. The van der Waals surface area contributed by atoms with Crippen molar-refractivity contribution in [2.24, 2.45) is 5.92 Å². The van der Waals surface area contributed by atoms with Gasteiger partial charge in [-0.3, -0.25) is 14.5 Å². The van der Waals surface area contributed by atoms with Gasteiger partial charge < -0.3 is 19.4 Å². The molecule has 1 aromatic carbocycles. The largest absolute Gasteiger partial charge is 0.494 e. The SMILES string of the molecule is CCOc1ccc(N2C[C@H](C(=O)NC[C@@H](c3ccco3)N3CCCC3)CC2=O)cc1. The van der Waals surface area contributed by atoms with Crippen molar-refractivity contribution in [3.63, 3.8) is 0 Å². The van der Waals surface area contributed by atoms with Crippen molar-refractivity contribution in [1.29, 1.82) is 0 Å². The van der Waals surface area contributed by atoms with Gasteiger partial charge in [0.25, 0.3) is 0 Å². The molecule has 2 aromatic rings. The molecule has 2 saturated heterocycles. The van der Waals surface area contributed by atoms with Crippen LogP contribution < -0.4 is 15.0 Å². The predicted octanol–water partition coefficient (Wildman–Crippen LogP) is 2.98. The first-order valence-corrected chi connectivity index (χ1v) is 10.7. The van der Waals surface area contributed by atoms with Gasteiger partial charge >= 0.3 is 0 Å². The molecule has 2 atom stereocenters. The number of carbonyl (C=O) groups is 2. The average Bonchev–Trinajstić information content (AvgIpc) is 3.52. The molecule has 2 fully saturated rings. The second-order valence-electron chi connectivity index (χ2n) is 7.85. The lowest BCUT2D eigenvalue weighted by Crippen LogP contribution is -2.39. The van der Waals surface area contributed by atoms with E-state index in [0.29, 0.717) is 19.7 Å². The summed E-state index contributed by atoms with van der Waals surface area (Å²) in [6.07, 6.45) is 4.23. The predicted molar refractivity (Wildman–Crippen MR) is 113 cm³/mol. The van der Waals surface area contributed by atoms with Gasteiger partial charge in [0, 0.05) is 25.2 Å². The summed E-state index contributed by atoms with van der Waals surface area (Å²) in [5, 5.41) is 3.07. The van der Waals surface area contributed by atoms with Crippen LogP contribution in [0.15, 0.2) is 47.1 Å². The number of furan rings is 1. The van der Waals surface area contributed by atoms with E-state index in [1.165, 1.54) is 12.8 Å². The minimum Gasteiger partial charge on any atom is -0.494 e. The molecule has 2 aliphatic heterocycles. The summed E-state index contributed by atoms with van der Waals surface area (Å²) in [5.74, 6) is 1.19. The van der Waals surface area contributed by atoms with E-state index in [1.54, 1.807) is 11.2 Å². The Hall–Kier alpha value is -2.80. The zero-order valence-electron chi connectivity index (χ0n) is 17.4. The molecular formula is C23H29N3O4. The lowest BCUT2D eigenvalue weighted by atomic mass is 10.1. The van der Waals surface area contributed by atoms with Gasteiger partial charge in [-0.05, 0) is 69.3 Å². The number of likely N-dealkylation sites (tertiary alicyclic amines) is 1. The van der Waals surface area contributed by atoms with Gasteiger partial charge in [0.1, 0.15) is 11.5 Å². The molecule has 1 aromatic heterocycles. The van der Waals surface area contributed by atoms with Crippen molar-refractivity contribution in [1.82, 2.24) is 10.2 Å². The molecule has 0 radical (unpaired) electrons. The van der Waals surface area contributed by atoms with E-state index in [4.69, 9.17) is 9.15 Å². The van der Waals surface area contributed by atoms with E-state index in [9.17, 15) is 9.59 Å². The molecule has 3 heterocycles. The van der Waals surface area contributed by atoms with Gasteiger partial charge in [0.05, 0.1) is 24.8 Å². The van der Waals surface area contributed by atoms with Crippen molar-refractivity contribution >= 4 is 17.5 Å². The van der Waals surface area contributed by atoms with Crippen LogP contribution in [0.5, 0.6) is 5.75 Å². The Morgan fingerprint density at radius 3 is 2.67 bits per heavy atom. The van der Waals surface area contributed by atoms with E-state index in [0.717, 1.165) is 30.3 Å². The zero-order chi connectivity index (χ0) is 20.9. The van der Waals surface area contributed by atoms with E-state index >= 15 is 0 Å². The van der Waals surface area contributed by atoms with Gasteiger partial charge in [-0.1, -0.05) is 0 Å². The van der Waals surface area contributed by atoms with Crippen LogP contribution in [0.3, 0.4) is 0 Å². The number of amides is 2. The molecule has 30 heavy (non-hydrogen) atoms. The monoisotopic (exact) mass is 411 g/mol. The Morgan fingerprint density at radius 1 is 1.23 bits per heavy atom. The molecule has 4 rings (SSSR count). The standard InChI is InChI=1S/C23H29N3O4/c1-2-29-19-9-7-18(8-10-19)26-16-17(14-22(26)27)23(28)24-15-20(21-6-5-13-30-21)25-11-3-4-12-25/h5-10,13,17,20H,2-4,11-12,14-16H2,1H3,(H,24,28)/t17-,20+/m1/s1. The zero-order valence-corrected chi connectivity index (χ0v) is 17.4. The highest BCUT2D eigenvalue weighted by Crippen LogP contribution is 2.28. The number of nitrogens with one attached hydrogen (secondary N) is 1. The highest BCUT2D eigenvalue weighted by Gasteiger charge is 2.36. The number of carbonyl (C=O) groups excluding carboxylic acids is 2. The molecule has 0 unspecified atom stereocenters. The van der Waals surface area contributed by atoms with Gasteiger partial charge in [0.15, 0.2) is 0 Å². The van der Waals surface area contributed by atoms with Crippen LogP contribution in [-0.2, 0) is 9.59 Å². The summed E-state index contributed by atoms with van der Waals surface area (Å²) >= 11 is 0. The van der Waals surface area contributed by atoms with Crippen LogP contribution in [0.4, 0.5) is 5.69 Å². The molecule has 7 nitrogen and oxygen atoms in total. The van der Waals surface area contributed by atoms with Crippen LogP contribution in [0.1, 0.15) is 38.0 Å². The Bertz CT molecular complexity index is 844. The molecule has 0 aliphatic carbocycles. The summed E-state index contributed by atoms with van der Waals surface area (Å²) < 4.78 is 11.1. The minimum atomic E-state index is -0.347. The summed E-state index contributed by atoms with van der Waals surface area (Å²) in [6.45, 7) is 5.43. The first kappa shape index (κ1) is 20.5. The third-order valence-electron chi connectivity index (χ3n) is 5.88. The van der Waals surface area contributed by atoms with Crippen LogP contribution in [0.25, 0.3) is 0 Å². The Kier molecular flexibility index (Phi) is 6.38. The average molecular weight is 412 g/mol. The van der Waals surface area contributed by atoms with Crippen LogP contribution >= 0.6 is 0 Å². The van der Waals surface area contributed by atoms with Crippen LogP contribution in [0, 0.1) is 5.92 Å². The second kappa shape index (κ2) is 9.34. The smallest absolute Gasteiger partial charge is 0.227 e. The van der Waals surface area contributed by atoms with Gasteiger partial charge in [-0.25, -0.2) is 0 Å². The van der Waals surface area contributed by atoms with Crippen molar-refractivity contribution < 1.29 is 18.7 Å². The number of benzene rings is 1. The second-order valence-corrected chi connectivity index (χ2v) is 7.85. The molecular weight excluding hydrogens is 382 g/mol. The maximum absolute atomic E-state index is 12.8. The van der Waals surface area contributed by atoms with Gasteiger partial charge in [-0.2, -0.15) is 0 Å². The summed E-state index contributed by atoms with van der Waals surface area (Å²) in [6, 6.07) is 11.3. The van der Waals surface area contributed by atoms with E-state index in [1.807, 2.05) is 43.3 Å². The number of ether oxygens (including phenoxy) is 1. The third kappa shape index (κ3) is 4.51. The Labute approximate surface area is 177 Å². The molecule has 2 amide bonds. The maximum atomic E-state index is 12.8. The third-order valence-corrected chi connectivity index (χ3v) is 5.88. The fraction of sp³-hybridized carbons (Fsp3) is 0.478. The fourth-order valence-electron chi connectivity index (χ4n) is 4.31. The molecule has 2 aliphatic rings. The van der Waals surface area contributed by atoms with Crippen LogP contribution in [-0.4, -0.2) is 49.5 Å². The van der Waals surface area contributed by atoms with E-state index in [-0.39, 0.29) is 30.2 Å². The van der Waals surface area contributed by atoms with Crippen molar-refractivity contribution in [3.8, 4) is 5.75 Å². The number of anilines is 1. The van der Waals surface area contributed by atoms with Crippen molar-refractivity contribution in [2.45, 2.75) is 32.2 Å². The minimum absolute atomic E-state index is 0.0264. The number of hydrogen-bond donors (Lipinski definition) is 1. The van der Waals surface area contributed by atoms with E-state index in [2.05, 4.69) is 10.2 Å². The van der Waals surface area contributed by atoms with E-state index < -0.39 is 0 Å². The summed E-state index contributed by atoms with van der Waals surface area (Å²) in [5.41, 5.74) is 0.796. The lowest BCUT2D eigenvalue weighted by Gasteiger charge is -2.26. The first-order valence-electron chi connectivity index (χ1n) is 10.7. The number of rotatable bonds is 8. The molecule has 1 N–H and O–H groups in total. The lowest BCUT2D eigenvalue weighted by molar-refractivity contribution is -0.126. The highest BCUT2D eigenvalue weighted by atomic mass is 16.5. The summed E-state index contributed by atoms with van der Waals surface area (Å²) in [4.78, 5) is 29.4. The molecule has 0 bridgehead atoms. The normalized spacial score (nSPS) is 20.5.